The molecule has 0 spiro atoms. The molecule has 2 aromatic heterocycles. The zero-order chi connectivity index (χ0) is 20.1. The van der Waals surface area contributed by atoms with Crippen molar-refractivity contribution in [3.05, 3.63) is 68.5 Å². The highest BCUT2D eigenvalue weighted by molar-refractivity contribution is 5.96. The molecule has 0 bridgehead atoms. The number of hydrogen-bond donors (Lipinski definition) is 3. The van der Waals surface area contributed by atoms with Crippen molar-refractivity contribution in [2.45, 2.75) is 6.54 Å². The fourth-order valence-corrected chi connectivity index (χ4v) is 2.50. The van der Waals surface area contributed by atoms with Crippen molar-refractivity contribution in [2.75, 3.05) is 27.2 Å². The summed E-state index contributed by atoms with van der Waals surface area (Å²) in [6, 6.07) is 8.85. The molecule has 9 heteroatoms. The first-order chi connectivity index (χ1) is 13.4. The summed E-state index contributed by atoms with van der Waals surface area (Å²) in [5, 5.41) is 2.92. The predicted molar refractivity (Wildman–Crippen MR) is 105 cm³/mol. The fraction of sp³-hybridized carbons (Fsp3) is 0.263. The lowest BCUT2D eigenvalue weighted by Crippen LogP contribution is -2.25. The topological polar surface area (TPSA) is 120 Å². The molecule has 1 aromatic carbocycles. The number of rotatable bonds is 7. The number of pyridine rings is 1. The number of nitrogens with zero attached hydrogens (tertiary/aromatic N) is 2. The number of benzene rings is 1. The Balaban J connectivity index is 1.61. The minimum atomic E-state index is -0.642. The van der Waals surface area contributed by atoms with Gasteiger partial charge in [0.25, 0.3) is 11.5 Å². The summed E-state index contributed by atoms with van der Waals surface area (Å²) in [5.41, 5.74) is 0.0372. The second kappa shape index (κ2) is 8.49. The second-order valence-corrected chi connectivity index (χ2v) is 6.51. The van der Waals surface area contributed by atoms with E-state index in [9.17, 15) is 14.4 Å². The number of hydrogen-bond acceptors (Lipinski definition) is 6. The first kappa shape index (κ1) is 19.3. The molecular formula is C19H21N5O4. The molecule has 0 saturated heterocycles. The summed E-state index contributed by atoms with van der Waals surface area (Å²) in [6.07, 6.45) is 1.31. The number of fused-ring (bicyclic) bond motifs is 1. The zero-order valence-corrected chi connectivity index (χ0v) is 15.6. The molecule has 1 amide bonds. The second-order valence-electron chi connectivity index (χ2n) is 6.51. The van der Waals surface area contributed by atoms with Gasteiger partial charge in [-0.1, -0.05) is 12.1 Å². The molecule has 0 aliphatic heterocycles. The van der Waals surface area contributed by atoms with Crippen molar-refractivity contribution in [3.63, 3.8) is 0 Å². The molecule has 0 aliphatic rings. The third-order valence-electron chi connectivity index (χ3n) is 4.04. The van der Waals surface area contributed by atoms with E-state index in [1.165, 1.54) is 12.3 Å². The normalized spacial score (nSPS) is 11.0. The number of nitrogens with one attached hydrogen (secondary N) is 3. The highest BCUT2D eigenvalue weighted by Crippen LogP contribution is 2.12. The van der Waals surface area contributed by atoms with Crippen LogP contribution in [0.25, 0.3) is 11.0 Å². The Kier molecular flexibility index (Phi) is 5.85. The van der Waals surface area contributed by atoms with E-state index in [-0.39, 0.29) is 22.5 Å². The Morgan fingerprint density at radius 1 is 1.18 bits per heavy atom. The van der Waals surface area contributed by atoms with E-state index in [0.717, 1.165) is 17.9 Å². The average Bonchev–Trinajstić information content (AvgIpc) is 2.66. The van der Waals surface area contributed by atoms with Crippen LogP contribution in [-0.2, 0) is 6.54 Å². The maximum atomic E-state index is 12.3. The molecule has 0 saturated carbocycles. The Morgan fingerprint density at radius 3 is 2.64 bits per heavy atom. The quantitative estimate of drug-likeness (QED) is 0.546. The van der Waals surface area contributed by atoms with Crippen LogP contribution in [0.2, 0.25) is 0 Å². The molecule has 9 nitrogen and oxygen atoms in total. The zero-order valence-electron chi connectivity index (χ0n) is 15.6. The van der Waals surface area contributed by atoms with E-state index in [0.29, 0.717) is 13.2 Å². The highest BCUT2D eigenvalue weighted by atomic mass is 16.5. The van der Waals surface area contributed by atoms with E-state index in [2.05, 4.69) is 20.3 Å². The fourth-order valence-electron chi connectivity index (χ4n) is 2.50. The lowest BCUT2D eigenvalue weighted by Gasteiger charge is -2.11. The molecule has 0 atom stereocenters. The van der Waals surface area contributed by atoms with Gasteiger partial charge in [0.1, 0.15) is 18.0 Å². The average molecular weight is 383 g/mol. The van der Waals surface area contributed by atoms with Gasteiger partial charge in [-0.2, -0.15) is 0 Å². The van der Waals surface area contributed by atoms with Crippen molar-refractivity contribution in [1.82, 2.24) is 25.2 Å². The number of carbonyl (C=O) groups is 1. The van der Waals surface area contributed by atoms with Crippen LogP contribution in [0.4, 0.5) is 0 Å². The molecular weight excluding hydrogens is 362 g/mol. The minimum absolute atomic E-state index is 0.134. The summed E-state index contributed by atoms with van der Waals surface area (Å²) in [6.45, 7) is 1.74. The number of aromatic nitrogens is 3. The lowest BCUT2D eigenvalue weighted by atomic mass is 10.2. The molecule has 28 heavy (non-hydrogen) atoms. The van der Waals surface area contributed by atoms with Crippen LogP contribution in [0.3, 0.4) is 0 Å². The number of likely N-dealkylation sites (N-methyl/N-ethyl adjacent to an activating group) is 1. The molecule has 0 fully saturated rings. The van der Waals surface area contributed by atoms with Crippen molar-refractivity contribution >= 4 is 16.9 Å². The van der Waals surface area contributed by atoms with E-state index >= 15 is 0 Å². The minimum Gasteiger partial charge on any atom is -0.492 e. The van der Waals surface area contributed by atoms with E-state index in [1.54, 1.807) is 0 Å². The van der Waals surface area contributed by atoms with Crippen molar-refractivity contribution in [1.29, 1.82) is 0 Å². The third kappa shape index (κ3) is 4.83. The first-order valence-corrected chi connectivity index (χ1v) is 8.69. The van der Waals surface area contributed by atoms with Crippen molar-refractivity contribution in [2.24, 2.45) is 0 Å². The van der Waals surface area contributed by atoms with Crippen LogP contribution in [-0.4, -0.2) is 53.0 Å². The predicted octanol–water partition coefficient (Wildman–Crippen LogP) is 0.482. The molecule has 146 valence electrons. The first-order valence-electron chi connectivity index (χ1n) is 8.69. The lowest BCUT2D eigenvalue weighted by molar-refractivity contribution is 0.0950. The van der Waals surface area contributed by atoms with Gasteiger partial charge in [0.05, 0.1) is 10.9 Å². The smallest absolute Gasteiger partial charge is 0.327 e. The number of amides is 1. The molecule has 0 aliphatic carbocycles. The van der Waals surface area contributed by atoms with Gasteiger partial charge in [-0.15, -0.1) is 0 Å². The van der Waals surface area contributed by atoms with Gasteiger partial charge in [-0.25, -0.2) is 9.78 Å². The highest BCUT2D eigenvalue weighted by Gasteiger charge is 2.10. The Bertz CT molecular complexity index is 1090. The number of aromatic amines is 2. The number of ether oxygens (including phenoxy) is 1. The van der Waals surface area contributed by atoms with Crippen LogP contribution in [0, 0.1) is 0 Å². The SMILES string of the molecule is CN(C)CCOc1ccc(CNC(=O)c2cnc3[nH]c(=O)[nH]c(=O)c3c2)cc1. The Hall–Kier alpha value is -3.46. The van der Waals surface area contributed by atoms with Crippen LogP contribution in [0.1, 0.15) is 15.9 Å². The van der Waals surface area contributed by atoms with Crippen LogP contribution in [0.15, 0.2) is 46.1 Å². The molecule has 2 heterocycles. The summed E-state index contributed by atoms with van der Waals surface area (Å²) in [7, 11) is 3.96. The molecule has 3 rings (SSSR count). The summed E-state index contributed by atoms with van der Waals surface area (Å²) in [4.78, 5) is 46.0. The van der Waals surface area contributed by atoms with Gasteiger partial charge in [-0.05, 0) is 37.9 Å². The largest absolute Gasteiger partial charge is 0.492 e. The molecule has 3 N–H and O–H groups in total. The van der Waals surface area contributed by atoms with E-state index < -0.39 is 11.2 Å². The number of carbonyl (C=O) groups excluding carboxylic acids is 1. The maximum Gasteiger partial charge on any atom is 0.327 e. The third-order valence-corrected chi connectivity index (χ3v) is 4.04. The standard InChI is InChI=1S/C19H21N5O4/c1-24(2)7-8-28-14-5-3-12(4-6-14)10-21-17(25)13-9-15-16(20-11-13)22-19(27)23-18(15)26/h3-6,9,11H,7-8,10H2,1-2H3,(H,21,25)(H2,20,22,23,26,27). The van der Waals surface area contributed by atoms with E-state index in [4.69, 9.17) is 4.74 Å². The van der Waals surface area contributed by atoms with Gasteiger partial charge in [0.15, 0.2) is 0 Å². The summed E-state index contributed by atoms with van der Waals surface area (Å²) in [5.74, 6) is 0.398. The van der Waals surface area contributed by atoms with E-state index in [1.807, 2.05) is 43.3 Å². The van der Waals surface area contributed by atoms with Gasteiger partial charge in [-0.3, -0.25) is 19.6 Å². The molecule has 3 aromatic rings. The van der Waals surface area contributed by atoms with Crippen LogP contribution >= 0.6 is 0 Å². The number of H-pyrrole nitrogens is 2. The van der Waals surface area contributed by atoms with Crippen LogP contribution < -0.4 is 21.3 Å². The summed E-state index contributed by atoms with van der Waals surface area (Å²) < 4.78 is 5.63. The van der Waals surface area contributed by atoms with Crippen molar-refractivity contribution < 1.29 is 9.53 Å². The van der Waals surface area contributed by atoms with Crippen molar-refractivity contribution in [3.8, 4) is 5.75 Å². The maximum absolute atomic E-state index is 12.3. The van der Waals surface area contributed by atoms with Gasteiger partial charge < -0.3 is 15.0 Å². The van der Waals surface area contributed by atoms with Crippen LogP contribution in [0.5, 0.6) is 5.75 Å². The molecule has 0 unspecified atom stereocenters. The monoisotopic (exact) mass is 383 g/mol. The van der Waals surface area contributed by atoms with Gasteiger partial charge >= 0.3 is 5.69 Å². The van der Waals surface area contributed by atoms with Gasteiger partial charge in [0.2, 0.25) is 0 Å². The molecule has 0 radical (unpaired) electrons. The Labute approximate surface area is 160 Å². The van der Waals surface area contributed by atoms with Gasteiger partial charge in [0, 0.05) is 19.3 Å². The summed E-state index contributed by atoms with van der Waals surface area (Å²) >= 11 is 0. The Morgan fingerprint density at radius 2 is 1.93 bits per heavy atom.